The van der Waals surface area contributed by atoms with Crippen LogP contribution in [0.15, 0.2) is 71.5 Å². The Balaban J connectivity index is 0.00000288. The van der Waals surface area contributed by atoms with Crippen molar-refractivity contribution in [3.05, 3.63) is 89.2 Å². The summed E-state index contributed by atoms with van der Waals surface area (Å²) in [4.78, 5) is 0. The summed E-state index contributed by atoms with van der Waals surface area (Å²) in [6.45, 7) is 0. The molecule has 0 heterocycles. The van der Waals surface area contributed by atoms with Gasteiger partial charge in [-0.3, -0.25) is 0 Å². The number of nitriles is 2. The van der Waals surface area contributed by atoms with Crippen molar-refractivity contribution in [3.63, 3.8) is 0 Å². The van der Waals surface area contributed by atoms with E-state index in [0.29, 0.717) is 11.1 Å². The van der Waals surface area contributed by atoms with Crippen molar-refractivity contribution in [2.75, 3.05) is 0 Å². The number of nitrogens with two attached hydrogens (primary N) is 1. The predicted molar refractivity (Wildman–Crippen MR) is 90.0 cm³/mol. The maximum atomic E-state index is 9.11. The smallest absolute Gasteiger partial charge is 0.402 e. The summed E-state index contributed by atoms with van der Waals surface area (Å²) >= 11 is 0. The third-order valence-electron chi connectivity index (χ3n) is 3.33. The van der Waals surface area contributed by atoms with Gasteiger partial charge >= 0.3 is 31.1 Å². The average molecular weight is 535 g/mol. The van der Waals surface area contributed by atoms with E-state index >= 15 is 0 Å². The average Bonchev–Trinajstić information content (AvgIpc) is 2.60. The molecule has 1 aromatic rings. The molecule has 0 spiro atoms. The van der Waals surface area contributed by atoms with Crippen molar-refractivity contribution in [1.29, 1.82) is 10.5 Å². The van der Waals surface area contributed by atoms with E-state index in [4.69, 9.17) is 16.3 Å². The molecule has 0 atom stereocenters. The first kappa shape index (κ1) is 19.8. The van der Waals surface area contributed by atoms with E-state index in [2.05, 4.69) is 12.1 Å². The van der Waals surface area contributed by atoms with E-state index < -0.39 is 0 Å². The minimum absolute atomic E-state index is 0. The van der Waals surface area contributed by atoms with Crippen molar-refractivity contribution in [3.8, 4) is 12.1 Å². The second kappa shape index (κ2) is 10.5. The molecule has 2 N–H and O–H groups in total. The van der Waals surface area contributed by atoms with Gasteiger partial charge in [0.2, 0.25) is 0 Å². The van der Waals surface area contributed by atoms with Gasteiger partial charge in [-0.1, -0.05) is 11.6 Å². The summed E-state index contributed by atoms with van der Waals surface area (Å²) in [6, 6.07) is 14.1. The van der Waals surface area contributed by atoms with Gasteiger partial charge in [-0.25, -0.2) is 0 Å². The van der Waals surface area contributed by atoms with Gasteiger partial charge in [-0.05, 0) is 18.9 Å². The van der Waals surface area contributed by atoms with Gasteiger partial charge < -0.3 is 5.73 Å². The van der Waals surface area contributed by atoms with Crippen LogP contribution in [-0.4, -0.2) is 0 Å². The third kappa shape index (κ3) is 5.75. The SMILES string of the molecule is N#CC(C#N)=C(C=[C-]/C=C/C1=CC=C(N)CC1)c1[c-]cccc1.[U+2]. The van der Waals surface area contributed by atoms with E-state index in [0.717, 1.165) is 24.1 Å². The molecule has 4 heteroatoms. The second-order valence-corrected chi connectivity index (χ2v) is 4.92. The van der Waals surface area contributed by atoms with Crippen molar-refractivity contribution in [2.45, 2.75) is 12.8 Å². The van der Waals surface area contributed by atoms with Crippen molar-refractivity contribution in [1.82, 2.24) is 0 Å². The van der Waals surface area contributed by atoms with Crippen molar-refractivity contribution >= 4 is 5.57 Å². The first-order valence-electron chi connectivity index (χ1n) is 7.17. The third-order valence-corrected chi connectivity index (χ3v) is 3.33. The van der Waals surface area contributed by atoms with Crippen LogP contribution in [0.4, 0.5) is 0 Å². The molecule has 0 radical (unpaired) electrons. The van der Waals surface area contributed by atoms with Crippen LogP contribution in [0, 0.1) is 65.9 Å². The molecular formula is C20H15N3U. The van der Waals surface area contributed by atoms with E-state index in [9.17, 15) is 0 Å². The minimum Gasteiger partial charge on any atom is -0.402 e. The monoisotopic (exact) mass is 535 g/mol. The van der Waals surface area contributed by atoms with Gasteiger partial charge in [0.1, 0.15) is 12.1 Å². The molecule has 0 amide bonds. The zero-order chi connectivity index (χ0) is 16.5. The van der Waals surface area contributed by atoms with Gasteiger partial charge in [0.15, 0.2) is 0 Å². The van der Waals surface area contributed by atoms with Gasteiger partial charge in [-0.2, -0.15) is 34.8 Å². The molecule has 0 aromatic heterocycles. The van der Waals surface area contributed by atoms with Gasteiger partial charge in [0.05, 0.1) is 5.57 Å². The molecule has 0 aliphatic heterocycles. The zero-order valence-corrected chi connectivity index (χ0v) is 17.2. The number of allylic oxidation sites excluding steroid dienone is 10. The largest absolute Gasteiger partial charge is 2.00 e. The Hall–Kier alpha value is -2.25. The fourth-order valence-electron chi connectivity index (χ4n) is 2.09. The number of rotatable bonds is 4. The summed E-state index contributed by atoms with van der Waals surface area (Å²) < 4.78 is 0. The van der Waals surface area contributed by atoms with Crippen LogP contribution in [0.3, 0.4) is 0 Å². The standard InChI is InChI=1S/C20H15N3.U/c21-14-18(15-22)20(17-7-2-1-3-8-17)9-5-4-6-16-10-12-19(23)13-11-16;/h1-4,6-7,9-10,12H,11,13,23H2;/q-2;+2/b6-4+;. The molecule has 0 fully saturated rings. The normalized spacial score (nSPS) is 13.4. The van der Waals surface area contributed by atoms with Crippen LogP contribution < -0.4 is 5.73 Å². The first-order chi connectivity index (χ1) is 11.2. The first-order valence-corrected chi connectivity index (χ1v) is 7.17. The van der Waals surface area contributed by atoms with Crippen molar-refractivity contribution in [2.24, 2.45) is 5.73 Å². The Morgan fingerprint density at radius 1 is 1.21 bits per heavy atom. The molecule has 0 unspecified atom stereocenters. The maximum Gasteiger partial charge on any atom is 2.00 e. The Kier molecular flexibility index (Phi) is 8.67. The van der Waals surface area contributed by atoms with E-state index in [1.165, 1.54) is 0 Å². The molecule has 0 saturated heterocycles. The molecule has 1 aliphatic carbocycles. The maximum absolute atomic E-state index is 9.11. The van der Waals surface area contributed by atoms with E-state index in [-0.39, 0.29) is 36.7 Å². The topological polar surface area (TPSA) is 73.6 Å². The minimum atomic E-state index is 0. The van der Waals surface area contributed by atoms with Crippen LogP contribution in [0.25, 0.3) is 5.57 Å². The molecule has 1 aliphatic rings. The fraction of sp³-hybridized carbons (Fsp3) is 0.100. The fourth-order valence-corrected chi connectivity index (χ4v) is 2.09. The molecule has 0 saturated carbocycles. The number of hydrogen-bond acceptors (Lipinski definition) is 3. The van der Waals surface area contributed by atoms with E-state index in [1.54, 1.807) is 18.2 Å². The van der Waals surface area contributed by atoms with Crippen molar-refractivity contribution < 1.29 is 31.1 Å². The van der Waals surface area contributed by atoms with Gasteiger partial charge in [0.25, 0.3) is 0 Å². The number of benzene rings is 1. The molecule has 114 valence electrons. The second-order valence-electron chi connectivity index (χ2n) is 4.92. The summed E-state index contributed by atoms with van der Waals surface area (Å²) in [5, 5.41) is 18.2. The Bertz CT molecular complexity index is 782. The summed E-state index contributed by atoms with van der Waals surface area (Å²) in [5.41, 5.74) is 9.02. The Morgan fingerprint density at radius 3 is 2.58 bits per heavy atom. The number of nitrogens with zero attached hydrogens (tertiary/aromatic N) is 2. The zero-order valence-electron chi connectivity index (χ0n) is 13.1. The van der Waals surface area contributed by atoms with Gasteiger partial charge in [0, 0.05) is 5.70 Å². The van der Waals surface area contributed by atoms with Gasteiger partial charge in [-0.15, -0.1) is 41.5 Å². The Morgan fingerprint density at radius 2 is 2.00 bits per heavy atom. The molecule has 3 nitrogen and oxygen atoms in total. The van der Waals surface area contributed by atoms with Crippen LogP contribution in [0.5, 0.6) is 0 Å². The quantitative estimate of drug-likeness (QED) is 0.363. The van der Waals surface area contributed by atoms with E-state index in [1.807, 2.05) is 48.6 Å². The van der Waals surface area contributed by atoms with Crippen LogP contribution >= 0.6 is 0 Å². The van der Waals surface area contributed by atoms with Crippen LogP contribution in [-0.2, 0) is 0 Å². The van der Waals surface area contributed by atoms with Crippen LogP contribution in [0.1, 0.15) is 18.4 Å². The molecular weight excluding hydrogens is 520 g/mol. The molecule has 0 bridgehead atoms. The van der Waals surface area contributed by atoms with Crippen LogP contribution in [0.2, 0.25) is 0 Å². The summed E-state index contributed by atoms with van der Waals surface area (Å²) in [7, 11) is 0. The summed E-state index contributed by atoms with van der Waals surface area (Å²) in [6.07, 6.45) is 14.0. The summed E-state index contributed by atoms with van der Waals surface area (Å²) in [5.74, 6) is 0. The molecule has 2 rings (SSSR count). The number of hydrogen-bond donors (Lipinski definition) is 1. The molecule has 1 aromatic carbocycles. The Labute approximate surface area is 166 Å². The molecule has 24 heavy (non-hydrogen) atoms. The predicted octanol–water partition coefficient (Wildman–Crippen LogP) is 3.77.